The first kappa shape index (κ1) is 13.9. The molecule has 1 heterocycles. The highest BCUT2D eigenvalue weighted by Gasteiger charge is 2.35. The molecular formula is C17H19NO3. The molecule has 0 spiro atoms. The molecule has 4 nitrogen and oxygen atoms in total. The van der Waals surface area contributed by atoms with Gasteiger partial charge in [-0.3, -0.25) is 4.79 Å². The van der Waals surface area contributed by atoms with E-state index in [0.29, 0.717) is 18.9 Å². The number of carbonyl (C=O) groups is 2. The second kappa shape index (κ2) is 5.35. The number of carboxylic acid groups (broad SMARTS) is 1. The lowest BCUT2D eigenvalue weighted by Crippen LogP contribution is -2.42. The highest BCUT2D eigenvalue weighted by molar-refractivity contribution is 5.92. The fraction of sp³-hybridized carbons (Fsp3) is 0.412. The van der Waals surface area contributed by atoms with Gasteiger partial charge < -0.3 is 10.0 Å². The molecule has 21 heavy (non-hydrogen) atoms. The van der Waals surface area contributed by atoms with Gasteiger partial charge in [-0.05, 0) is 43.2 Å². The lowest BCUT2D eigenvalue weighted by Gasteiger charge is -2.34. The summed E-state index contributed by atoms with van der Waals surface area (Å²) in [6.45, 7) is 2.42. The fourth-order valence-corrected chi connectivity index (χ4v) is 3.00. The molecule has 1 amide bonds. The van der Waals surface area contributed by atoms with Crippen LogP contribution < -0.4 is 0 Å². The molecule has 1 unspecified atom stereocenters. The van der Waals surface area contributed by atoms with E-state index in [1.165, 1.54) is 4.90 Å². The third kappa shape index (κ3) is 2.71. The summed E-state index contributed by atoms with van der Waals surface area (Å²) in [5.41, 5.74) is 2.84. The van der Waals surface area contributed by atoms with Gasteiger partial charge in [-0.25, -0.2) is 4.79 Å². The Labute approximate surface area is 124 Å². The van der Waals surface area contributed by atoms with Gasteiger partial charge in [0, 0.05) is 12.6 Å². The Morgan fingerprint density at radius 1 is 1.29 bits per heavy atom. The van der Waals surface area contributed by atoms with Crippen molar-refractivity contribution in [3.8, 4) is 0 Å². The Bertz CT molecular complexity index is 616. The second-order valence-electron chi connectivity index (χ2n) is 5.88. The summed E-state index contributed by atoms with van der Waals surface area (Å²) in [7, 11) is 0. The molecule has 2 aliphatic rings. The van der Waals surface area contributed by atoms with Crippen LogP contribution in [0.1, 0.15) is 36.9 Å². The van der Waals surface area contributed by atoms with Crippen LogP contribution in [0.25, 0.3) is 0 Å². The smallest absolute Gasteiger partial charge is 0.331 e. The first-order chi connectivity index (χ1) is 10.1. The van der Waals surface area contributed by atoms with E-state index in [1.54, 1.807) is 6.08 Å². The van der Waals surface area contributed by atoms with Crippen molar-refractivity contribution in [2.24, 2.45) is 5.92 Å². The van der Waals surface area contributed by atoms with Crippen molar-refractivity contribution in [1.82, 2.24) is 4.90 Å². The molecule has 1 saturated carbocycles. The number of amides is 1. The average Bonchev–Trinajstić information content (AvgIpc) is 3.30. The lowest BCUT2D eigenvalue weighted by molar-refractivity contribution is -0.149. The van der Waals surface area contributed by atoms with E-state index in [2.05, 4.69) is 0 Å². The number of benzene rings is 1. The minimum atomic E-state index is -0.965. The average molecular weight is 285 g/mol. The monoisotopic (exact) mass is 285 g/mol. The molecule has 1 atom stereocenters. The van der Waals surface area contributed by atoms with Gasteiger partial charge in [0.25, 0.3) is 0 Å². The molecule has 1 aromatic carbocycles. The zero-order chi connectivity index (χ0) is 15.0. The topological polar surface area (TPSA) is 57.6 Å². The Kier molecular flexibility index (Phi) is 3.53. The molecule has 3 rings (SSSR count). The Morgan fingerprint density at radius 3 is 2.67 bits per heavy atom. The molecule has 1 N–H and O–H groups in total. The van der Waals surface area contributed by atoms with Crippen LogP contribution in [0.4, 0.5) is 0 Å². The van der Waals surface area contributed by atoms with Crippen molar-refractivity contribution in [2.45, 2.75) is 32.2 Å². The SMILES string of the molecule is CC(=CC(=O)N1CCc2ccccc2C1C(=O)O)C1CC1. The van der Waals surface area contributed by atoms with E-state index >= 15 is 0 Å². The van der Waals surface area contributed by atoms with Gasteiger partial charge in [0.15, 0.2) is 6.04 Å². The van der Waals surface area contributed by atoms with Crippen molar-refractivity contribution in [3.63, 3.8) is 0 Å². The molecule has 1 fully saturated rings. The molecular weight excluding hydrogens is 266 g/mol. The normalized spacial score (nSPS) is 21.9. The van der Waals surface area contributed by atoms with Gasteiger partial charge in [-0.15, -0.1) is 0 Å². The molecule has 0 aromatic heterocycles. The van der Waals surface area contributed by atoms with Gasteiger partial charge in [-0.2, -0.15) is 0 Å². The van der Waals surface area contributed by atoms with Crippen LogP contribution in [0, 0.1) is 5.92 Å². The third-order valence-electron chi connectivity index (χ3n) is 4.37. The fourth-order valence-electron chi connectivity index (χ4n) is 3.00. The maximum atomic E-state index is 12.5. The molecule has 0 radical (unpaired) electrons. The van der Waals surface area contributed by atoms with Crippen LogP contribution in [0.15, 0.2) is 35.9 Å². The van der Waals surface area contributed by atoms with Crippen molar-refractivity contribution < 1.29 is 14.7 Å². The van der Waals surface area contributed by atoms with E-state index < -0.39 is 12.0 Å². The Morgan fingerprint density at radius 2 is 2.00 bits per heavy atom. The summed E-state index contributed by atoms with van der Waals surface area (Å²) in [6, 6.07) is 6.62. The van der Waals surface area contributed by atoms with E-state index in [-0.39, 0.29) is 5.91 Å². The number of fused-ring (bicyclic) bond motifs is 1. The standard InChI is InChI=1S/C17H19NO3/c1-11(12-6-7-12)10-15(19)18-9-8-13-4-2-3-5-14(13)16(18)17(20)21/h2-5,10,12,16H,6-9H2,1H3,(H,20,21). The first-order valence-corrected chi connectivity index (χ1v) is 7.37. The van der Waals surface area contributed by atoms with Gasteiger partial charge in [0.05, 0.1) is 0 Å². The largest absolute Gasteiger partial charge is 0.479 e. The first-order valence-electron chi connectivity index (χ1n) is 7.37. The number of aliphatic carboxylic acids is 1. The third-order valence-corrected chi connectivity index (χ3v) is 4.37. The molecule has 4 heteroatoms. The summed E-state index contributed by atoms with van der Waals surface area (Å²) in [5.74, 6) is -0.622. The number of nitrogens with zero attached hydrogens (tertiary/aromatic N) is 1. The van der Waals surface area contributed by atoms with Gasteiger partial charge in [0.2, 0.25) is 5.91 Å². The predicted octanol–water partition coefficient (Wildman–Crippen LogP) is 2.55. The second-order valence-corrected chi connectivity index (χ2v) is 5.88. The number of rotatable bonds is 3. The maximum Gasteiger partial charge on any atom is 0.331 e. The van der Waals surface area contributed by atoms with Crippen LogP contribution in [-0.4, -0.2) is 28.4 Å². The van der Waals surface area contributed by atoms with Gasteiger partial charge in [-0.1, -0.05) is 29.8 Å². The Hall–Kier alpha value is -2.10. The van der Waals surface area contributed by atoms with E-state index in [0.717, 1.165) is 29.5 Å². The van der Waals surface area contributed by atoms with E-state index in [4.69, 9.17) is 0 Å². The molecule has 0 saturated heterocycles. The van der Waals surface area contributed by atoms with Crippen molar-refractivity contribution in [2.75, 3.05) is 6.54 Å². The number of hydrogen-bond donors (Lipinski definition) is 1. The number of carbonyl (C=O) groups excluding carboxylic acids is 1. The highest BCUT2D eigenvalue weighted by Crippen LogP contribution is 2.36. The van der Waals surface area contributed by atoms with Gasteiger partial charge >= 0.3 is 5.97 Å². The van der Waals surface area contributed by atoms with Crippen molar-refractivity contribution in [3.05, 3.63) is 47.0 Å². The molecule has 1 aromatic rings. The van der Waals surface area contributed by atoms with Crippen molar-refractivity contribution in [1.29, 1.82) is 0 Å². The number of allylic oxidation sites excluding steroid dienone is 1. The van der Waals surface area contributed by atoms with Crippen LogP contribution in [0.2, 0.25) is 0 Å². The number of carboxylic acids is 1. The minimum absolute atomic E-state index is 0.179. The minimum Gasteiger partial charge on any atom is -0.479 e. The quantitative estimate of drug-likeness (QED) is 0.868. The van der Waals surface area contributed by atoms with Crippen LogP contribution in [-0.2, 0) is 16.0 Å². The zero-order valence-corrected chi connectivity index (χ0v) is 12.1. The molecule has 0 bridgehead atoms. The lowest BCUT2D eigenvalue weighted by atomic mass is 9.92. The van der Waals surface area contributed by atoms with Crippen LogP contribution in [0.3, 0.4) is 0 Å². The van der Waals surface area contributed by atoms with Crippen LogP contribution >= 0.6 is 0 Å². The summed E-state index contributed by atoms with van der Waals surface area (Å²) < 4.78 is 0. The summed E-state index contributed by atoms with van der Waals surface area (Å²) >= 11 is 0. The van der Waals surface area contributed by atoms with Crippen LogP contribution in [0.5, 0.6) is 0 Å². The van der Waals surface area contributed by atoms with E-state index in [9.17, 15) is 14.7 Å². The summed E-state index contributed by atoms with van der Waals surface area (Å²) in [5, 5.41) is 9.55. The Balaban J connectivity index is 1.90. The maximum absolute atomic E-state index is 12.5. The predicted molar refractivity (Wildman–Crippen MR) is 78.7 cm³/mol. The molecule has 1 aliphatic heterocycles. The van der Waals surface area contributed by atoms with E-state index in [1.807, 2.05) is 31.2 Å². The number of hydrogen-bond acceptors (Lipinski definition) is 2. The molecule has 110 valence electrons. The highest BCUT2D eigenvalue weighted by atomic mass is 16.4. The molecule has 1 aliphatic carbocycles. The van der Waals surface area contributed by atoms with Crippen molar-refractivity contribution >= 4 is 11.9 Å². The summed E-state index contributed by atoms with van der Waals surface area (Å²) in [6.07, 6.45) is 4.62. The van der Waals surface area contributed by atoms with Gasteiger partial charge in [0.1, 0.15) is 0 Å². The zero-order valence-electron chi connectivity index (χ0n) is 12.1. The summed E-state index contributed by atoms with van der Waals surface area (Å²) in [4.78, 5) is 25.6.